The molecule has 0 unspecified atom stereocenters. The summed E-state index contributed by atoms with van der Waals surface area (Å²) in [5, 5.41) is 7.46. The lowest BCUT2D eigenvalue weighted by Crippen LogP contribution is -2.24. The van der Waals surface area contributed by atoms with E-state index in [0.29, 0.717) is 35.8 Å². The standard InChI is InChI=1S/C22H23N3O3S/c1-15-7-9-18(13-16(15)2)28-21-10-8-17(14-24-21)25-20(26)6-3-11-23-22(27)19-5-4-12-29-19/h4-5,7-10,12-14H,3,6,11H2,1-2H3,(H,23,27)(H,25,26). The maximum Gasteiger partial charge on any atom is 0.261 e. The zero-order valence-corrected chi connectivity index (χ0v) is 17.2. The maximum atomic E-state index is 12.1. The zero-order chi connectivity index (χ0) is 20.6. The van der Waals surface area contributed by atoms with Crippen LogP contribution in [0.4, 0.5) is 5.69 Å². The Morgan fingerprint density at radius 3 is 2.66 bits per heavy atom. The van der Waals surface area contributed by atoms with E-state index in [4.69, 9.17) is 4.74 Å². The number of hydrogen-bond donors (Lipinski definition) is 2. The normalized spacial score (nSPS) is 10.4. The molecule has 0 saturated heterocycles. The molecule has 29 heavy (non-hydrogen) atoms. The Kier molecular flexibility index (Phi) is 6.97. The number of carbonyl (C=O) groups excluding carboxylic acids is 2. The third-order valence-electron chi connectivity index (χ3n) is 4.33. The molecule has 0 atom stereocenters. The summed E-state index contributed by atoms with van der Waals surface area (Å²) in [5.41, 5.74) is 2.96. The van der Waals surface area contributed by atoms with Gasteiger partial charge in [0, 0.05) is 19.0 Å². The lowest BCUT2D eigenvalue weighted by atomic mass is 10.1. The van der Waals surface area contributed by atoms with Crippen molar-refractivity contribution in [3.05, 3.63) is 70.0 Å². The highest BCUT2D eigenvalue weighted by Gasteiger charge is 2.07. The van der Waals surface area contributed by atoms with E-state index >= 15 is 0 Å². The Labute approximate surface area is 173 Å². The highest BCUT2D eigenvalue weighted by atomic mass is 32.1. The van der Waals surface area contributed by atoms with Crippen molar-refractivity contribution in [1.29, 1.82) is 0 Å². The number of hydrogen-bond acceptors (Lipinski definition) is 5. The molecule has 3 aromatic rings. The maximum absolute atomic E-state index is 12.1. The van der Waals surface area contributed by atoms with Crippen LogP contribution < -0.4 is 15.4 Å². The molecule has 2 N–H and O–H groups in total. The molecule has 0 fully saturated rings. The Hall–Kier alpha value is -3.19. The van der Waals surface area contributed by atoms with Gasteiger partial charge in [-0.25, -0.2) is 4.98 Å². The highest BCUT2D eigenvalue weighted by molar-refractivity contribution is 7.12. The minimum atomic E-state index is -0.125. The van der Waals surface area contributed by atoms with Crippen LogP contribution >= 0.6 is 11.3 Å². The number of carbonyl (C=O) groups is 2. The van der Waals surface area contributed by atoms with E-state index in [-0.39, 0.29) is 11.8 Å². The number of benzene rings is 1. The van der Waals surface area contributed by atoms with Gasteiger partial charge in [0.25, 0.3) is 5.91 Å². The van der Waals surface area contributed by atoms with Crippen LogP contribution in [0.25, 0.3) is 0 Å². The van der Waals surface area contributed by atoms with Gasteiger partial charge in [-0.3, -0.25) is 9.59 Å². The predicted molar refractivity (Wildman–Crippen MR) is 115 cm³/mol. The van der Waals surface area contributed by atoms with Gasteiger partial charge in [0.15, 0.2) is 0 Å². The van der Waals surface area contributed by atoms with E-state index in [1.54, 1.807) is 24.4 Å². The molecule has 150 valence electrons. The number of nitrogens with one attached hydrogen (secondary N) is 2. The molecule has 0 bridgehead atoms. The lowest BCUT2D eigenvalue weighted by molar-refractivity contribution is -0.116. The topological polar surface area (TPSA) is 80.3 Å². The van der Waals surface area contributed by atoms with E-state index < -0.39 is 0 Å². The second-order valence-corrected chi connectivity index (χ2v) is 7.57. The number of pyridine rings is 1. The van der Waals surface area contributed by atoms with Gasteiger partial charge in [0.1, 0.15) is 5.75 Å². The Morgan fingerprint density at radius 2 is 1.97 bits per heavy atom. The highest BCUT2D eigenvalue weighted by Crippen LogP contribution is 2.23. The summed E-state index contributed by atoms with van der Waals surface area (Å²) in [6, 6.07) is 12.9. The predicted octanol–water partition coefficient (Wildman–Crippen LogP) is 4.70. The summed E-state index contributed by atoms with van der Waals surface area (Å²) in [7, 11) is 0. The molecule has 2 heterocycles. The van der Waals surface area contributed by atoms with Crippen molar-refractivity contribution in [2.24, 2.45) is 0 Å². The second kappa shape index (κ2) is 9.84. The number of rotatable bonds is 8. The third-order valence-corrected chi connectivity index (χ3v) is 5.20. The average Bonchev–Trinajstić information content (AvgIpc) is 3.24. The molecule has 0 aliphatic heterocycles. The van der Waals surface area contributed by atoms with Gasteiger partial charge in [-0.2, -0.15) is 0 Å². The quantitative estimate of drug-likeness (QED) is 0.529. The van der Waals surface area contributed by atoms with Gasteiger partial charge in [-0.05, 0) is 61.0 Å². The molecule has 7 heteroatoms. The van der Waals surface area contributed by atoms with Crippen LogP contribution in [0.5, 0.6) is 11.6 Å². The summed E-state index contributed by atoms with van der Waals surface area (Å²) in [5.74, 6) is 0.952. The average molecular weight is 410 g/mol. The molecule has 1 aromatic carbocycles. The lowest BCUT2D eigenvalue weighted by Gasteiger charge is -2.09. The number of anilines is 1. The minimum Gasteiger partial charge on any atom is -0.439 e. The molecule has 0 aliphatic rings. The van der Waals surface area contributed by atoms with Crippen LogP contribution in [0, 0.1) is 13.8 Å². The molecule has 6 nitrogen and oxygen atoms in total. The Morgan fingerprint density at radius 1 is 1.10 bits per heavy atom. The number of aromatic nitrogens is 1. The van der Waals surface area contributed by atoms with Crippen LogP contribution in [0.3, 0.4) is 0 Å². The van der Waals surface area contributed by atoms with E-state index in [1.165, 1.54) is 16.9 Å². The zero-order valence-electron chi connectivity index (χ0n) is 16.4. The van der Waals surface area contributed by atoms with E-state index in [0.717, 1.165) is 11.3 Å². The summed E-state index contributed by atoms with van der Waals surface area (Å²) >= 11 is 1.39. The van der Waals surface area contributed by atoms with Crippen molar-refractivity contribution in [3.63, 3.8) is 0 Å². The van der Waals surface area contributed by atoms with Gasteiger partial charge >= 0.3 is 0 Å². The molecule has 2 aromatic heterocycles. The summed E-state index contributed by atoms with van der Waals surface area (Å²) in [6.07, 6.45) is 2.43. The van der Waals surface area contributed by atoms with Gasteiger partial charge < -0.3 is 15.4 Å². The van der Waals surface area contributed by atoms with Crippen molar-refractivity contribution in [1.82, 2.24) is 10.3 Å². The fourth-order valence-corrected chi connectivity index (χ4v) is 3.22. The van der Waals surface area contributed by atoms with Crippen LogP contribution in [0.1, 0.15) is 33.6 Å². The SMILES string of the molecule is Cc1ccc(Oc2ccc(NC(=O)CCCNC(=O)c3cccs3)cn2)cc1C. The molecule has 0 radical (unpaired) electrons. The number of nitrogens with zero attached hydrogens (tertiary/aromatic N) is 1. The van der Waals surface area contributed by atoms with Gasteiger partial charge in [0.05, 0.1) is 16.8 Å². The molecule has 3 rings (SSSR count). The number of aryl methyl sites for hydroxylation is 2. The van der Waals surface area contributed by atoms with Crippen molar-refractivity contribution in [2.45, 2.75) is 26.7 Å². The van der Waals surface area contributed by atoms with Gasteiger partial charge in [-0.1, -0.05) is 12.1 Å². The minimum absolute atomic E-state index is 0.107. The van der Waals surface area contributed by atoms with Crippen molar-refractivity contribution >= 4 is 28.8 Å². The fraction of sp³-hybridized carbons (Fsp3) is 0.227. The number of thiophene rings is 1. The number of amides is 2. The smallest absolute Gasteiger partial charge is 0.261 e. The van der Waals surface area contributed by atoms with Crippen molar-refractivity contribution < 1.29 is 14.3 Å². The molecule has 0 spiro atoms. The first-order valence-electron chi connectivity index (χ1n) is 9.34. The Balaban J connectivity index is 1.41. The summed E-state index contributed by atoms with van der Waals surface area (Å²) in [4.78, 5) is 28.8. The van der Waals surface area contributed by atoms with Crippen molar-refractivity contribution in [3.8, 4) is 11.6 Å². The first-order chi connectivity index (χ1) is 14.0. The Bertz CT molecular complexity index is 969. The van der Waals surface area contributed by atoms with E-state index in [2.05, 4.69) is 15.6 Å². The largest absolute Gasteiger partial charge is 0.439 e. The molecular formula is C22H23N3O3S. The number of ether oxygens (including phenoxy) is 1. The third kappa shape index (κ3) is 6.15. The first kappa shape index (κ1) is 20.5. The van der Waals surface area contributed by atoms with Gasteiger partial charge in [0.2, 0.25) is 11.8 Å². The molecular weight excluding hydrogens is 386 g/mol. The summed E-state index contributed by atoms with van der Waals surface area (Å²) in [6.45, 7) is 4.53. The van der Waals surface area contributed by atoms with E-state index in [9.17, 15) is 9.59 Å². The van der Waals surface area contributed by atoms with Crippen LogP contribution in [0.2, 0.25) is 0 Å². The fourth-order valence-electron chi connectivity index (χ4n) is 2.58. The molecule has 0 aliphatic carbocycles. The van der Waals surface area contributed by atoms with Gasteiger partial charge in [-0.15, -0.1) is 11.3 Å². The monoisotopic (exact) mass is 409 g/mol. The van der Waals surface area contributed by atoms with Crippen LogP contribution in [-0.2, 0) is 4.79 Å². The molecule has 0 saturated carbocycles. The van der Waals surface area contributed by atoms with Crippen molar-refractivity contribution in [2.75, 3.05) is 11.9 Å². The molecule has 2 amide bonds. The first-order valence-corrected chi connectivity index (χ1v) is 10.2. The van der Waals surface area contributed by atoms with Crippen LogP contribution in [-0.4, -0.2) is 23.3 Å². The summed E-state index contributed by atoms with van der Waals surface area (Å²) < 4.78 is 5.74. The van der Waals surface area contributed by atoms with Crippen LogP contribution in [0.15, 0.2) is 54.0 Å². The second-order valence-electron chi connectivity index (χ2n) is 6.62. The van der Waals surface area contributed by atoms with E-state index in [1.807, 2.05) is 43.5 Å².